The normalized spacial score (nSPS) is 11.6. The molecule has 0 aliphatic rings. The van der Waals surface area contributed by atoms with E-state index in [1.807, 2.05) is 36.6 Å². The number of halogens is 1. The van der Waals surface area contributed by atoms with Gasteiger partial charge in [-0.15, -0.1) is 11.8 Å². The molecule has 1 aromatic heterocycles. The fourth-order valence-corrected chi connectivity index (χ4v) is 3.16. The largest absolute Gasteiger partial charge is 0.479 e. The summed E-state index contributed by atoms with van der Waals surface area (Å²) in [5.41, 5.74) is 1.94. The highest BCUT2D eigenvalue weighted by molar-refractivity contribution is 7.98. The zero-order valence-electron chi connectivity index (χ0n) is 15.3. The van der Waals surface area contributed by atoms with Crippen LogP contribution in [0.2, 0.25) is 5.15 Å². The van der Waals surface area contributed by atoms with E-state index in [-0.39, 0.29) is 6.61 Å². The van der Waals surface area contributed by atoms with E-state index in [0.29, 0.717) is 22.0 Å². The lowest BCUT2D eigenvalue weighted by Gasteiger charge is -2.14. The Hall–Kier alpha value is -2.75. The SMILES string of the molecule is CSc1ccc2cc(COC(=O)[C@@H](C)Oc3ccc(C#N)cc3)c(Cl)nc2c1. The highest BCUT2D eigenvalue weighted by Gasteiger charge is 2.17. The molecule has 2 aromatic carbocycles. The molecule has 0 aliphatic carbocycles. The van der Waals surface area contributed by atoms with Crippen LogP contribution >= 0.6 is 23.4 Å². The summed E-state index contributed by atoms with van der Waals surface area (Å²) in [6.45, 7) is 1.61. The molecule has 0 N–H and O–H groups in total. The summed E-state index contributed by atoms with van der Waals surface area (Å²) in [5.74, 6) is -0.0308. The number of nitrogens with zero attached hydrogens (tertiary/aromatic N) is 2. The van der Waals surface area contributed by atoms with Gasteiger partial charge in [-0.05, 0) is 55.6 Å². The summed E-state index contributed by atoms with van der Waals surface area (Å²) in [6, 6.07) is 16.3. The molecular weight excluding hydrogens is 396 g/mol. The van der Waals surface area contributed by atoms with Crippen molar-refractivity contribution in [1.29, 1.82) is 5.26 Å². The van der Waals surface area contributed by atoms with Crippen LogP contribution in [-0.4, -0.2) is 23.3 Å². The maximum absolute atomic E-state index is 12.2. The minimum atomic E-state index is -0.802. The molecule has 0 amide bonds. The zero-order valence-corrected chi connectivity index (χ0v) is 16.9. The predicted molar refractivity (Wildman–Crippen MR) is 110 cm³/mol. The number of nitriles is 1. The number of hydrogen-bond acceptors (Lipinski definition) is 6. The number of esters is 1. The van der Waals surface area contributed by atoms with Gasteiger partial charge < -0.3 is 9.47 Å². The van der Waals surface area contributed by atoms with Gasteiger partial charge in [0.05, 0.1) is 17.1 Å². The first-order valence-corrected chi connectivity index (χ1v) is 10.1. The van der Waals surface area contributed by atoms with E-state index in [9.17, 15) is 4.79 Å². The number of aromatic nitrogens is 1. The molecule has 0 unspecified atom stereocenters. The van der Waals surface area contributed by atoms with Crippen LogP contribution < -0.4 is 4.74 Å². The molecule has 0 spiro atoms. The molecule has 7 heteroatoms. The molecule has 0 fully saturated rings. The molecule has 1 atom stereocenters. The third kappa shape index (κ3) is 4.75. The Kier molecular flexibility index (Phi) is 6.40. The average Bonchev–Trinajstić information content (AvgIpc) is 2.72. The van der Waals surface area contributed by atoms with E-state index in [1.165, 1.54) is 0 Å². The first kappa shape index (κ1) is 20.0. The van der Waals surface area contributed by atoms with E-state index >= 15 is 0 Å². The van der Waals surface area contributed by atoms with Crippen molar-refractivity contribution in [2.75, 3.05) is 6.26 Å². The van der Waals surface area contributed by atoms with Crippen molar-refractivity contribution in [3.05, 3.63) is 64.8 Å². The standard InChI is InChI=1S/C21H17ClN2O3S/c1-13(27-17-6-3-14(11-23)4-7-17)21(25)26-12-16-9-15-5-8-18(28-2)10-19(15)24-20(16)22/h3-10,13H,12H2,1-2H3/t13-/m1/s1. The van der Waals surface area contributed by atoms with Crippen LogP contribution in [0, 0.1) is 11.3 Å². The number of rotatable bonds is 6. The van der Waals surface area contributed by atoms with Crippen molar-refractivity contribution in [3.8, 4) is 11.8 Å². The number of fused-ring (bicyclic) bond motifs is 1. The molecule has 142 valence electrons. The molecule has 0 saturated carbocycles. The van der Waals surface area contributed by atoms with Crippen LogP contribution in [0.3, 0.4) is 0 Å². The summed E-state index contributed by atoms with van der Waals surface area (Å²) in [5, 5.41) is 10.0. The highest BCUT2D eigenvalue weighted by atomic mass is 35.5. The van der Waals surface area contributed by atoms with E-state index < -0.39 is 12.1 Å². The Labute approximate surface area is 172 Å². The fourth-order valence-electron chi connectivity index (χ4n) is 2.52. The number of ether oxygens (including phenoxy) is 2. The van der Waals surface area contributed by atoms with E-state index in [2.05, 4.69) is 4.98 Å². The van der Waals surface area contributed by atoms with Gasteiger partial charge in [-0.1, -0.05) is 17.7 Å². The van der Waals surface area contributed by atoms with Crippen molar-refractivity contribution >= 4 is 40.2 Å². The van der Waals surface area contributed by atoms with Crippen LogP contribution in [0.25, 0.3) is 10.9 Å². The third-order valence-electron chi connectivity index (χ3n) is 4.05. The lowest BCUT2D eigenvalue weighted by molar-refractivity contribution is -0.152. The Morgan fingerprint density at radius 1 is 1.25 bits per heavy atom. The van der Waals surface area contributed by atoms with Gasteiger partial charge >= 0.3 is 5.97 Å². The summed E-state index contributed by atoms with van der Waals surface area (Å²) in [6.07, 6.45) is 1.20. The van der Waals surface area contributed by atoms with Crippen LogP contribution in [0.15, 0.2) is 53.4 Å². The van der Waals surface area contributed by atoms with Crippen LogP contribution in [0.1, 0.15) is 18.1 Å². The Morgan fingerprint density at radius 3 is 2.68 bits per heavy atom. The fraction of sp³-hybridized carbons (Fsp3) is 0.190. The Balaban J connectivity index is 1.64. The van der Waals surface area contributed by atoms with Crippen molar-refractivity contribution in [2.45, 2.75) is 24.5 Å². The second kappa shape index (κ2) is 8.96. The van der Waals surface area contributed by atoms with Crippen molar-refractivity contribution < 1.29 is 14.3 Å². The molecule has 3 rings (SSSR count). The maximum atomic E-state index is 12.2. The summed E-state index contributed by atoms with van der Waals surface area (Å²) in [7, 11) is 0. The summed E-state index contributed by atoms with van der Waals surface area (Å²) in [4.78, 5) is 17.7. The zero-order chi connectivity index (χ0) is 20.1. The van der Waals surface area contributed by atoms with E-state index in [0.717, 1.165) is 15.8 Å². The Morgan fingerprint density at radius 2 is 2.00 bits per heavy atom. The quantitative estimate of drug-likeness (QED) is 0.322. The lowest BCUT2D eigenvalue weighted by atomic mass is 10.1. The molecule has 5 nitrogen and oxygen atoms in total. The van der Waals surface area contributed by atoms with Gasteiger partial charge in [-0.2, -0.15) is 5.26 Å². The molecule has 3 aromatic rings. The van der Waals surface area contributed by atoms with Gasteiger partial charge in [0, 0.05) is 15.8 Å². The minimum absolute atomic E-state index is 0.00591. The number of pyridine rings is 1. The number of hydrogen-bond donors (Lipinski definition) is 0. The Bertz CT molecular complexity index is 1050. The molecule has 0 saturated heterocycles. The minimum Gasteiger partial charge on any atom is -0.479 e. The van der Waals surface area contributed by atoms with Crippen molar-refractivity contribution in [3.63, 3.8) is 0 Å². The smallest absolute Gasteiger partial charge is 0.347 e. The van der Waals surface area contributed by atoms with Crippen LogP contribution in [0.5, 0.6) is 5.75 Å². The van der Waals surface area contributed by atoms with Gasteiger partial charge in [0.1, 0.15) is 17.5 Å². The number of carbonyl (C=O) groups excluding carboxylic acids is 1. The van der Waals surface area contributed by atoms with Gasteiger partial charge in [-0.25, -0.2) is 9.78 Å². The van der Waals surface area contributed by atoms with E-state index in [1.54, 1.807) is 43.0 Å². The molecule has 0 aliphatic heterocycles. The lowest BCUT2D eigenvalue weighted by Crippen LogP contribution is -2.26. The molecule has 0 bridgehead atoms. The van der Waals surface area contributed by atoms with Crippen LogP contribution in [-0.2, 0) is 16.1 Å². The van der Waals surface area contributed by atoms with Gasteiger partial charge in [0.15, 0.2) is 6.10 Å². The molecular formula is C21H17ClN2O3S. The topological polar surface area (TPSA) is 72.2 Å². The first-order chi connectivity index (χ1) is 13.5. The maximum Gasteiger partial charge on any atom is 0.347 e. The van der Waals surface area contributed by atoms with E-state index in [4.69, 9.17) is 26.3 Å². The number of thioether (sulfide) groups is 1. The molecule has 1 heterocycles. The van der Waals surface area contributed by atoms with Gasteiger partial charge in [0.2, 0.25) is 0 Å². The summed E-state index contributed by atoms with van der Waals surface area (Å²) < 4.78 is 10.9. The third-order valence-corrected chi connectivity index (χ3v) is 5.10. The monoisotopic (exact) mass is 412 g/mol. The average molecular weight is 413 g/mol. The van der Waals surface area contributed by atoms with Gasteiger partial charge in [0.25, 0.3) is 0 Å². The van der Waals surface area contributed by atoms with Gasteiger partial charge in [-0.3, -0.25) is 0 Å². The highest BCUT2D eigenvalue weighted by Crippen LogP contribution is 2.25. The second-order valence-corrected chi connectivity index (χ2v) is 7.24. The summed E-state index contributed by atoms with van der Waals surface area (Å²) >= 11 is 7.88. The number of carbonyl (C=O) groups is 1. The van der Waals surface area contributed by atoms with Crippen molar-refractivity contribution in [2.24, 2.45) is 0 Å². The molecule has 28 heavy (non-hydrogen) atoms. The van der Waals surface area contributed by atoms with Crippen molar-refractivity contribution in [1.82, 2.24) is 4.98 Å². The van der Waals surface area contributed by atoms with Crippen LogP contribution in [0.4, 0.5) is 0 Å². The first-order valence-electron chi connectivity index (χ1n) is 8.47. The number of benzene rings is 2. The predicted octanol–water partition coefficient (Wildman–Crippen LogP) is 4.99. The molecule has 0 radical (unpaired) electrons. The second-order valence-electron chi connectivity index (χ2n) is 6.00.